The fraction of sp³-hybridized carbons (Fsp3) is 0.333. The summed E-state index contributed by atoms with van der Waals surface area (Å²) in [5, 5.41) is 0.587. The number of primary amides is 1. The summed E-state index contributed by atoms with van der Waals surface area (Å²) in [4.78, 5) is 17.7. The summed E-state index contributed by atoms with van der Waals surface area (Å²) in [6.07, 6.45) is 7.28. The number of amides is 1. The molecule has 5 rings (SSSR count). The molecule has 4 aromatic rings. The minimum atomic E-state index is -0.529. The molecule has 1 saturated heterocycles. The normalized spacial score (nSPS) is 15.6. The molecule has 1 amide bonds. The number of hydrogen-bond acceptors (Lipinski definition) is 7. The van der Waals surface area contributed by atoms with Gasteiger partial charge in [-0.25, -0.2) is 4.98 Å². The number of nitrogens with two attached hydrogens (primary N) is 1. The van der Waals surface area contributed by atoms with E-state index in [1.165, 1.54) is 11.3 Å². The molecule has 1 aromatic carbocycles. The largest absolute Gasteiger partial charge is 0.491 e. The van der Waals surface area contributed by atoms with E-state index >= 15 is 0 Å². The Morgan fingerprint density at radius 2 is 2.08 bits per heavy atom. The van der Waals surface area contributed by atoms with Gasteiger partial charge in [-0.15, -0.1) is 11.3 Å². The van der Waals surface area contributed by atoms with Crippen LogP contribution in [0.15, 0.2) is 54.9 Å². The van der Waals surface area contributed by atoms with E-state index in [9.17, 15) is 4.79 Å². The lowest BCUT2D eigenvalue weighted by atomic mass is 10.1. The van der Waals surface area contributed by atoms with Crippen LogP contribution in [0, 0.1) is 0 Å². The second-order valence-electron chi connectivity index (χ2n) is 8.61. The van der Waals surface area contributed by atoms with Gasteiger partial charge >= 0.3 is 0 Å². The highest BCUT2D eigenvalue weighted by Gasteiger charge is 2.19. The molecular weight excluding hydrogens is 514 g/mol. The number of fused-ring (bicyclic) bond motifs is 1. The molecule has 4 heterocycles. The number of imidazole rings is 1. The van der Waals surface area contributed by atoms with Crippen LogP contribution in [-0.4, -0.2) is 48.0 Å². The van der Waals surface area contributed by atoms with E-state index in [0.717, 1.165) is 47.7 Å². The molecule has 0 bridgehead atoms. The van der Waals surface area contributed by atoms with Crippen molar-refractivity contribution in [2.45, 2.75) is 32.0 Å². The molecule has 8 nitrogen and oxygen atoms in total. The van der Waals surface area contributed by atoms with Gasteiger partial charge in [0, 0.05) is 30.3 Å². The average Bonchev–Trinajstić information content (AvgIpc) is 3.53. The molecule has 1 fully saturated rings. The van der Waals surface area contributed by atoms with Crippen LogP contribution in [-0.2, 0) is 15.9 Å². The summed E-state index contributed by atoms with van der Waals surface area (Å²) < 4.78 is 24.9. The van der Waals surface area contributed by atoms with Crippen LogP contribution in [0.5, 0.6) is 11.5 Å². The number of halogens is 1. The van der Waals surface area contributed by atoms with Gasteiger partial charge in [0.1, 0.15) is 28.6 Å². The number of thiophene rings is 1. The minimum absolute atomic E-state index is 0.128. The van der Waals surface area contributed by atoms with Crippen LogP contribution in [0.25, 0.3) is 16.2 Å². The smallest absolute Gasteiger partial charge is 0.262 e. The Labute approximate surface area is 223 Å². The first kappa shape index (κ1) is 25.5. The van der Waals surface area contributed by atoms with Crippen LogP contribution in [0.1, 0.15) is 34.5 Å². The minimum Gasteiger partial charge on any atom is -0.491 e. The van der Waals surface area contributed by atoms with Gasteiger partial charge in [0.15, 0.2) is 6.29 Å². The maximum Gasteiger partial charge on any atom is 0.262 e. The Kier molecular flexibility index (Phi) is 8.25. The second-order valence-corrected chi connectivity index (χ2v) is 10.1. The van der Waals surface area contributed by atoms with E-state index in [2.05, 4.69) is 4.98 Å². The summed E-state index contributed by atoms with van der Waals surface area (Å²) in [6.45, 7) is 1.96. The van der Waals surface area contributed by atoms with Crippen LogP contribution in [0.2, 0.25) is 5.02 Å². The molecule has 0 spiro atoms. The second kappa shape index (κ2) is 12.0. The Hall–Kier alpha value is -3.11. The van der Waals surface area contributed by atoms with Crippen LogP contribution < -0.4 is 15.2 Å². The molecule has 10 heteroatoms. The average molecular weight is 542 g/mol. The Balaban J connectivity index is 1.16. The zero-order chi connectivity index (χ0) is 25.6. The zero-order valence-electron chi connectivity index (χ0n) is 20.2. The Bertz CT molecular complexity index is 1370. The number of rotatable bonds is 11. The summed E-state index contributed by atoms with van der Waals surface area (Å²) >= 11 is 7.77. The quantitative estimate of drug-likeness (QED) is 0.257. The highest BCUT2D eigenvalue weighted by molar-refractivity contribution is 7.17. The lowest BCUT2D eigenvalue weighted by molar-refractivity contribution is -0.165. The summed E-state index contributed by atoms with van der Waals surface area (Å²) in [7, 11) is 0. The number of hydrogen-bond donors (Lipinski definition) is 1. The molecule has 3 aromatic heterocycles. The molecule has 2 N–H and O–H groups in total. The molecular formula is C27H28ClN3O5S. The van der Waals surface area contributed by atoms with E-state index in [4.69, 9.17) is 36.3 Å². The van der Waals surface area contributed by atoms with Gasteiger partial charge in [0.05, 0.1) is 30.0 Å². The zero-order valence-corrected chi connectivity index (χ0v) is 21.8. The predicted octanol–water partition coefficient (Wildman–Crippen LogP) is 5.36. The molecule has 1 aliphatic rings. The summed E-state index contributed by atoms with van der Waals surface area (Å²) in [6, 6.07) is 13.2. The van der Waals surface area contributed by atoms with Gasteiger partial charge in [-0.1, -0.05) is 23.7 Å². The molecule has 194 valence electrons. The number of pyridine rings is 1. The van der Waals surface area contributed by atoms with Crippen molar-refractivity contribution in [2.75, 3.05) is 26.4 Å². The predicted molar refractivity (Wildman–Crippen MR) is 143 cm³/mol. The first-order valence-electron chi connectivity index (χ1n) is 12.2. The van der Waals surface area contributed by atoms with Crippen LogP contribution >= 0.6 is 22.9 Å². The number of carbonyl (C=O) groups excluding carboxylic acids is 1. The van der Waals surface area contributed by atoms with E-state index in [1.54, 1.807) is 12.3 Å². The highest BCUT2D eigenvalue weighted by atomic mass is 35.5. The lowest BCUT2D eigenvalue weighted by Gasteiger charge is -2.22. The van der Waals surface area contributed by atoms with Crippen LogP contribution in [0.4, 0.5) is 0 Å². The highest BCUT2D eigenvalue weighted by Crippen LogP contribution is 2.36. The van der Waals surface area contributed by atoms with Crippen molar-refractivity contribution in [1.29, 1.82) is 0 Å². The van der Waals surface area contributed by atoms with E-state index < -0.39 is 5.91 Å². The molecule has 0 aliphatic carbocycles. The number of aromatic nitrogens is 2. The topological polar surface area (TPSA) is 97.3 Å². The van der Waals surface area contributed by atoms with Crippen LogP contribution in [0.3, 0.4) is 0 Å². The fourth-order valence-electron chi connectivity index (χ4n) is 4.17. The molecule has 0 saturated carbocycles. The standard InChI is InChI=1S/C27H28ClN3O5S/c28-20-15-19(33-13-14-36-25-6-2-4-11-35-25)8-7-18(20)9-12-34-22-16-23(37-26(22)27(29)32)21-17-30-24-5-1-3-10-31(21)24/h1,3,5,7-8,10,15-17,25H,2,4,6,9,11-14H2,(H2,29,32). The van der Waals surface area contributed by atoms with Crippen molar-refractivity contribution in [3.63, 3.8) is 0 Å². The van der Waals surface area contributed by atoms with Crippen molar-refractivity contribution in [3.05, 3.63) is 70.3 Å². The third-order valence-corrected chi connectivity index (χ3v) is 7.54. The Morgan fingerprint density at radius 3 is 2.89 bits per heavy atom. The maximum atomic E-state index is 12.1. The molecule has 1 atom stereocenters. The summed E-state index contributed by atoms with van der Waals surface area (Å²) in [5.41, 5.74) is 8.23. The Morgan fingerprint density at radius 1 is 1.16 bits per heavy atom. The molecule has 0 radical (unpaired) electrons. The third-order valence-electron chi connectivity index (χ3n) is 6.04. The van der Waals surface area contributed by atoms with Gasteiger partial charge in [0.2, 0.25) is 0 Å². The first-order chi connectivity index (χ1) is 18.1. The third kappa shape index (κ3) is 6.24. The van der Waals surface area contributed by atoms with Crippen molar-refractivity contribution >= 4 is 34.5 Å². The van der Waals surface area contributed by atoms with E-state index in [1.807, 2.05) is 47.0 Å². The number of ether oxygens (including phenoxy) is 4. The summed E-state index contributed by atoms with van der Waals surface area (Å²) in [5.74, 6) is 0.601. The molecule has 37 heavy (non-hydrogen) atoms. The van der Waals surface area contributed by atoms with Crippen molar-refractivity contribution < 1.29 is 23.7 Å². The van der Waals surface area contributed by atoms with Gasteiger partial charge in [-0.3, -0.25) is 9.20 Å². The monoisotopic (exact) mass is 541 g/mol. The van der Waals surface area contributed by atoms with E-state index in [0.29, 0.717) is 47.6 Å². The lowest BCUT2D eigenvalue weighted by Crippen LogP contribution is -2.24. The SMILES string of the molecule is NC(=O)c1sc(-c2cnc3ccccn23)cc1OCCc1ccc(OCCOC2CCCCO2)cc1Cl. The number of carbonyl (C=O) groups is 1. The maximum absolute atomic E-state index is 12.1. The first-order valence-corrected chi connectivity index (χ1v) is 13.4. The van der Waals surface area contributed by atoms with Crippen molar-refractivity contribution in [3.8, 4) is 22.1 Å². The van der Waals surface area contributed by atoms with Gasteiger partial charge in [-0.2, -0.15) is 0 Å². The fourth-order valence-corrected chi connectivity index (χ4v) is 5.39. The van der Waals surface area contributed by atoms with Gasteiger partial charge in [-0.05, 0) is 49.1 Å². The molecule has 1 unspecified atom stereocenters. The van der Waals surface area contributed by atoms with Gasteiger partial charge < -0.3 is 24.7 Å². The number of nitrogens with zero attached hydrogens (tertiary/aromatic N) is 2. The molecule has 1 aliphatic heterocycles. The van der Waals surface area contributed by atoms with Crippen molar-refractivity contribution in [2.24, 2.45) is 5.73 Å². The van der Waals surface area contributed by atoms with Gasteiger partial charge in [0.25, 0.3) is 5.91 Å². The van der Waals surface area contributed by atoms with E-state index in [-0.39, 0.29) is 6.29 Å². The van der Waals surface area contributed by atoms with Crippen molar-refractivity contribution in [1.82, 2.24) is 9.38 Å². The number of benzene rings is 1.